The molecule has 0 spiro atoms. The molecule has 7 atom stereocenters. The first-order chi connectivity index (χ1) is 12.8. The average molecular weight is 351 g/mol. The Morgan fingerprint density at radius 1 is 0.654 bits per heavy atom. The van der Waals surface area contributed by atoms with Crippen molar-refractivity contribution in [2.24, 2.45) is 35.5 Å². The van der Waals surface area contributed by atoms with Crippen molar-refractivity contribution < 1.29 is 0 Å². The summed E-state index contributed by atoms with van der Waals surface area (Å²) in [6, 6.07) is 0. The Morgan fingerprint density at radius 2 is 1.46 bits per heavy atom. The molecule has 0 heterocycles. The highest BCUT2D eigenvalue weighted by Crippen LogP contribution is 2.59. The molecule has 0 nitrogen and oxygen atoms in total. The van der Waals surface area contributed by atoms with Crippen LogP contribution in [0.15, 0.2) is 11.1 Å². The minimum absolute atomic E-state index is 0.935. The van der Waals surface area contributed by atoms with E-state index in [9.17, 15) is 0 Å². The number of hydrogen-bond acceptors (Lipinski definition) is 0. The second kappa shape index (κ2) is 7.67. The molecule has 0 aromatic rings. The Labute approximate surface area is 163 Å². The molecule has 0 saturated heterocycles. The van der Waals surface area contributed by atoms with Crippen LogP contribution in [0.3, 0.4) is 0 Å². The van der Waals surface area contributed by atoms with Gasteiger partial charge in [0.1, 0.15) is 7.28 Å². The molecule has 1 radical (unpaired) electrons. The van der Waals surface area contributed by atoms with Gasteiger partial charge in [0.15, 0.2) is 0 Å². The van der Waals surface area contributed by atoms with Gasteiger partial charge in [0.05, 0.1) is 0 Å². The van der Waals surface area contributed by atoms with E-state index in [1.165, 1.54) is 51.4 Å². The van der Waals surface area contributed by atoms with E-state index in [0.29, 0.717) is 0 Å². The molecular weight excluding hydrogens is 311 g/mol. The van der Waals surface area contributed by atoms with Gasteiger partial charge in [-0.2, -0.15) is 0 Å². The van der Waals surface area contributed by atoms with Gasteiger partial charge >= 0.3 is 0 Å². The fourth-order valence-electron chi connectivity index (χ4n) is 8.57. The third-order valence-corrected chi connectivity index (χ3v) is 9.71. The third kappa shape index (κ3) is 3.14. The van der Waals surface area contributed by atoms with Gasteiger partial charge in [0.25, 0.3) is 0 Å². The summed E-state index contributed by atoms with van der Waals surface area (Å²) >= 11 is 0. The molecule has 3 saturated carbocycles. The molecule has 0 amide bonds. The van der Waals surface area contributed by atoms with Crippen molar-refractivity contribution in [2.75, 3.05) is 0 Å². The van der Waals surface area contributed by atoms with Crippen LogP contribution < -0.4 is 0 Å². The maximum absolute atomic E-state index is 2.54. The van der Waals surface area contributed by atoms with Crippen LogP contribution in [-0.4, -0.2) is 7.28 Å². The van der Waals surface area contributed by atoms with Gasteiger partial charge in [-0.15, -0.1) is 0 Å². The molecule has 5 aliphatic rings. The van der Waals surface area contributed by atoms with Crippen LogP contribution in [0.2, 0.25) is 12.6 Å². The zero-order chi connectivity index (χ0) is 17.5. The Balaban J connectivity index is 1.43. The molecular formula is C25H40B. The van der Waals surface area contributed by atoms with Crippen LogP contribution in [0.1, 0.15) is 96.3 Å². The number of allylic oxidation sites excluding steroid dienone is 2. The van der Waals surface area contributed by atoms with Crippen LogP contribution in [-0.2, 0) is 0 Å². The first-order valence-corrected chi connectivity index (χ1v) is 12.4. The van der Waals surface area contributed by atoms with E-state index in [1.54, 1.807) is 44.9 Å². The van der Waals surface area contributed by atoms with Crippen molar-refractivity contribution in [1.82, 2.24) is 0 Å². The Bertz CT molecular complexity index is 534. The first-order valence-electron chi connectivity index (χ1n) is 12.4. The molecule has 3 fully saturated rings. The average Bonchev–Trinajstić information content (AvgIpc) is 2.73. The summed E-state index contributed by atoms with van der Waals surface area (Å²) in [5.74, 6) is 7.40. The van der Waals surface area contributed by atoms with Gasteiger partial charge in [-0.05, 0) is 93.3 Å². The number of fused-ring (bicyclic) bond motifs is 4. The third-order valence-electron chi connectivity index (χ3n) is 9.71. The molecule has 5 aliphatic carbocycles. The highest BCUT2D eigenvalue weighted by molar-refractivity contribution is 6.35. The second-order valence-corrected chi connectivity index (χ2v) is 10.7. The van der Waals surface area contributed by atoms with Crippen molar-refractivity contribution in [1.29, 1.82) is 0 Å². The van der Waals surface area contributed by atoms with Gasteiger partial charge < -0.3 is 0 Å². The van der Waals surface area contributed by atoms with E-state index >= 15 is 0 Å². The lowest BCUT2D eigenvalue weighted by Crippen LogP contribution is -2.47. The van der Waals surface area contributed by atoms with Crippen molar-refractivity contribution >= 4 is 7.28 Å². The molecule has 7 unspecified atom stereocenters. The topological polar surface area (TPSA) is 0 Å². The molecule has 0 aromatic carbocycles. The SMILES string of the molecule is C[B]C1CCCC(C2CC3C4=C(CCCC4)CCC3C3CCCCC23)C1. The molecule has 1 heteroatoms. The smallest absolute Gasteiger partial charge is 0.0917 e. The van der Waals surface area contributed by atoms with Crippen molar-refractivity contribution in [3.05, 3.63) is 11.1 Å². The summed E-state index contributed by atoms with van der Waals surface area (Å²) in [6.45, 7) is 2.33. The lowest BCUT2D eigenvalue weighted by Gasteiger charge is -2.55. The predicted molar refractivity (Wildman–Crippen MR) is 113 cm³/mol. The maximum atomic E-state index is 2.54. The van der Waals surface area contributed by atoms with Crippen LogP contribution in [0.4, 0.5) is 0 Å². The van der Waals surface area contributed by atoms with Gasteiger partial charge in [-0.25, -0.2) is 0 Å². The van der Waals surface area contributed by atoms with Crippen LogP contribution in [0.25, 0.3) is 0 Å². The highest BCUT2D eigenvalue weighted by atomic mass is 14.5. The van der Waals surface area contributed by atoms with Crippen LogP contribution in [0, 0.1) is 35.5 Å². The van der Waals surface area contributed by atoms with E-state index < -0.39 is 0 Å². The summed E-state index contributed by atoms with van der Waals surface area (Å²) in [4.78, 5) is 0. The zero-order valence-corrected chi connectivity index (χ0v) is 17.2. The number of hydrogen-bond donors (Lipinski definition) is 0. The van der Waals surface area contributed by atoms with Gasteiger partial charge in [-0.3, -0.25) is 0 Å². The van der Waals surface area contributed by atoms with Crippen molar-refractivity contribution in [3.8, 4) is 0 Å². The molecule has 143 valence electrons. The fraction of sp³-hybridized carbons (Fsp3) is 0.920. The minimum atomic E-state index is 0.935. The van der Waals surface area contributed by atoms with E-state index in [4.69, 9.17) is 0 Å². The van der Waals surface area contributed by atoms with Crippen molar-refractivity contribution in [2.45, 2.75) is 109 Å². The quantitative estimate of drug-likeness (QED) is 0.358. The first kappa shape index (κ1) is 17.9. The normalized spacial score (nSPS) is 46.1. The molecule has 26 heavy (non-hydrogen) atoms. The van der Waals surface area contributed by atoms with E-state index in [-0.39, 0.29) is 0 Å². The molecule has 0 N–H and O–H groups in total. The predicted octanol–water partition coefficient (Wildman–Crippen LogP) is 7.44. The van der Waals surface area contributed by atoms with Gasteiger partial charge in [0, 0.05) is 0 Å². The lowest BCUT2D eigenvalue weighted by atomic mass is 9.48. The monoisotopic (exact) mass is 351 g/mol. The maximum Gasteiger partial charge on any atom is 0.110 e. The van der Waals surface area contributed by atoms with E-state index in [1.807, 2.05) is 11.1 Å². The Kier molecular flexibility index (Phi) is 5.27. The highest BCUT2D eigenvalue weighted by Gasteiger charge is 2.49. The Morgan fingerprint density at radius 3 is 2.31 bits per heavy atom. The minimum Gasteiger partial charge on any atom is -0.0917 e. The summed E-state index contributed by atoms with van der Waals surface area (Å²) in [7, 11) is 2.54. The fourth-order valence-corrected chi connectivity index (χ4v) is 8.57. The Hall–Kier alpha value is -0.195. The summed E-state index contributed by atoms with van der Waals surface area (Å²) in [5.41, 5.74) is 3.98. The standard InChI is InChI=1S/C25H40B/c1-26-19-9-6-8-18(15-19)24-16-25-20-10-3-2-7-17(20)13-14-23(25)21-11-4-5-12-22(21)24/h18-19,21-25H,2-16H2,1H3. The lowest BCUT2D eigenvalue weighted by molar-refractivity contribution is -0.0233. The van der Waals surface area contributed by atoms with E-state index in [2.05, 4.69) is 14.1 Å². The second-order valence-electron chi connectivity index (χ2n) is 10.7. The molecule has 5 rings (SSSR count). The largest absolute Gasteiger partial charge is 0.110 e. The molecule has 0 aliphatic heterocycles. The van der Waals surface area contributed by atoms with Gasteiger partial charge in [-0.1, -0.05) is 62.3 Å². The van der Waals surface area contributed by atoms with Crippen LogP contribution in [0.5, 0.6) is 0 Å². The van der Waals surface area contributed by atoms with Gasteiger partial charge in [0.2, 0.25) is 0 Å². The van der Waals surface area contributed by atoms with Crippen molar-refractivity contribution in [3.63, 3.8) is 0 Å². The summed E-state index contributed by atoms with van der Waals surface area (Å²) < 4.78 is 0. The molecule has 0 bridgehead atoms. The zero-order valence-electron chi connectivity index (χ0n) is 17.2. The van der Waals surface area contributed by atoms with Crippen LogP contribution >= 0.6 is 0 Å². The molecule has 0 aromatic heterocycles. The number of rotatable bonds is 2. The summed E-state index contributed by atoms with van der Waals surface area (Å²) in [6.07, 6.45) is 22.9. The summed E-state index contributed by atoms with van der Waals surface area (Å²) in [5, 5.41) is 0. The van der Waals surface area contributed by atoms with E-state index in [0.717, 1.165) is 41.3 Å².